The highest BCUT2D eigenvalue weighted by molar-refractivity contribution is 8.15. The Balaban J connectivity index is 1.35. The molecule has 1 N–H and O–H groups in total. The van der Waals surface area contributed by atoms with Gasteiger partial charge in [0.25, 0.3) is 5.91 Å². The average molecular weight is 513 g/mol. The summed E-state index contributed by atoms with van der Waals surface area (Å²) >= 11 is 1.30. The average Bonchev–Trinajstić information content (AvgIpc) is 3.50. The zero-order valence-corrected chi connectivity index (χ0v) is 21.8. The lowest BCUT2D eigenvalue weighted by Crippen LogP contribution is -2.25. The number of benzene rings is 3. The molecule has 0 aromatic heterocycles. The summed E-state index contributed by atoms with van der Waals surface area (Å²) in [7, 11) is 1.64. The number of carbonyl (C=O) groups is 2. The van der Waals surface area contributed by atoms with E-state index in [1.54, 1.807) is 7.11 Å². The summed E-state index contributed by atoms with van der Waals surface area (Å²) in [4.78, 5) is 29.8. The predicted molar refractivity (Wildman–Crippen MR) is 148 cm³/mol. The number of amidine groups is 1. The number of hydrogen-bond donors (Lipinski definition) is 1. The maximum atomic E-state index is 12.8. The third-order valence-electron chi connectivity index (χ3n) is 6.43. The Morgan fingerprint density at radius 1 is 1.00 bits per heavy atom. The van der Waals surface area contributed by atoms with Crippen LogP contribution in [0.5, 0.6) is 5.75 Å². The standard InChI is InChI=1S/C29H28N4O3S/c1-18-4-8-20(9-5-18)24-16-25(21-10-14-23(36-3)15-11-21)33(32-24)29-31-28(35)26(37-29)17-27(34)30-22-12-6-19(2)7-13-22/h4-15,25-26H,16-17H2,1-3H3,(H,30,34)/t25-,26+/m0/s1. The molecule has 2 aliphatic rings. The van der Waals surface area contributed by atoms with Crippen LogP contribution >= 0.6 is 11.8 Å². The summed E-state index contributed by atoms with van der Waals surface area (Å²) in [6.07, 6.45) is 0.710. The van der Waals surface area contributed by atoms with Crippen molar-refractivity contribution in [2.45, 2.75) is 38.0 Å². The molecule has 2 atom stereocenters. The minimum Gasteiger partial charge on any atom is -0.497 e. The predicted octanol–water partition coefficient (Wildman–Crippen LogP) is 5.49. The van der Waals surface area contributed by atoms with Gasteiger partial charge in [0.2, 0.25) is 5.91 Å². The van der Waals surface area contributed by atoms with Gasteiger partial charge in [-0.25, -0.2) is 5.01 Å². The molecule has 3 aromatic rings. The van der Waals surface area contributed by atoms with Gasteiger partial charge in [-0.05, 0) is 49.2 Å². The van der Waals surface area contributed by atoms with Gasteiger partial charge in [0, 0.05) is 18.5 Å². The highest BCUT2D eigenvalue weighted by Crippen LogP contribution is 2.39. The van der Waals surface area contributed by atoms with Gasteiger partial charge in [-0.2, -0.15) is 10.1 Å². The Hall–Kier alpha value is -3.91. The summed E-state index contributed by atoms with van der Waals surface area (Å²) in [6.45, 7) is 4.04. The van der Waals surface area contributed by atoms with Crippen LogP contribution in [0.15, 0.2) is 82.9 Å². The zero-order chi connectivity index (χ0) is 25.9. The molecule has 5 rings (SSSR count). The van der Waals surface area contributed by atoms with Crippen LogP contribution in [0.25, 0.3) is 0 Å². The summed E-state index contributed by atoms with van der Waals surface area (Å²) < 4.78 is 5.32. The second-order valence-corrected chi connectivity index (χ2v) is 10.4. The summed E-state index contributed by atoms with van der Waals surface area (Å²) in [5.74, 6) is 0.241. The molecule has 37 heavy (non-hydrogen) atoms. The van der Waals surface area contributed by atoms with E-state index >= 15 is 0 Å². The SMILES string of the molecule is COc1ccc([C@@H]2CC(c3ccc(C)cc3)=NN2C2=NC(=O)[C@@H](CC(=O)Nc3ccc(C)cc3)S2)cc1. The third kappa shape index (κ3) is 5.59. The van der Waals surface area contributed by atoms with E-state index in [9.17, 15) is 9.59 Å². The number of hydrogen-bond acceptors (Lipinski definition) is 6. The van der Waals surface area contributed by atoms with Gasteiger partial charge in [-0.1, -0.05) is 71.4 Å². The van der Waals surface area contributed by atoms with Crippen molar-refractivity contribution in [3.05, 3.63) is 95.1 Å². The molecule has 188 valence electrons. The molecule has 0 aliphatic carbocycles. The van der Waals surface area contributed by atoms with Crippen LogP contribution in [0, 0.1) is 13.8 Å². The fourth-order valence-electron chi connectivity index (χ4n) is 4.31. The van der Waals surface area contributed by atoms with Crippen molar-refractivity contribution >= 4 is 40.1 Å². The summed E-state index contributed by atoms with van der Waals surface area (Å²) in [6, 6.07) is 23.6. The van der Waals surface area contributed by atoms with Crippen LogP contribution in [0.2, 0.25) is 0 Å². The van der Waals surface area contributed by atoms with Gasteiger partial charge < -0.3 is 10.1 Å². The molecule has 0 bridgehead atoms. The number of aryl methyl sites for hydroxylation is 2. The first-order valence-corrected chi connectivity index (χ1v) is 13.0. The van der Waals surface area contributed by atoms with E-state index in [1.807, 2.05) is 60.5 Å². The fraction of sp³-hybridized carbons (Fsp3) is 0.241. The van der Waals surface area contributed by atoms with E-state index in [-0.39, 0.29) is 24.3 Å². The van der Waals surface area contributed by atoms with Crippen molar-refractivity contribution in [2.24, 2.45) is 10.1 Å². The summed E-state index contributed by atoms with van der Waals surface area (Å²) in [5, 5.41) is 9.54. The van der Waals surface area contributed by atoms with Crippen LogP contribution < -0.4 is 10.1 Å². The lowest BCUT2D eigenvalue weighted by molar-refractivity contribution is -0.121. The van der Waals surface area contributed by atoms with Gasteiger partial charge in [0.15, 0.2) is 5.17 Å². The first-order valence-electron chi connectivity index (χ1n) is 12.1. The molecule has 0 unspecified atom stereocenters. The number of amides is 2. The summed E-state index contributed by atoms with van der Waals surface area (Å²) in [5.41, 5.74) is 6.01. The van der Waals surface area contributed by atoms with Gasteiger partial charge in [0.1, 0.15) is 11.0 Å². The van der Waals surface area contributed by atoms with Crippen molar-refractivity contribution in [1.82, 2.24) is 5.01 Å². The molecule has 3 aromatic carbocycles. The molecular weight excluding hydrogens is 484 g/mol. The molecule has 0 fully saturated rings. The number of methoxy groups -OCH3 is 1. The Labute approximate surface area is 220 Å². The minimum absolute atomic E-state index is 0.0416. The molecule has 7 nitrogen and oxygen atoms in total. The van der Waals surface area contributed by atoms with Crippen molar-refractivity contribution < 1.29 is 14.3 Å². The second-order valence-electron chi connectivity index (χ2n) is 9.21. The number of rotatable bonds is 6. The lowest BCUT2D eigenvalue weighted by Gasteiger charge is -2.23. The quantitative estimate of drug-likeness (QED) is 0.472. The molecule has 8 heteroatoms. The number of anilines is 1. The van der Waals surface area contributed by atoms with Crippen LogP contribution in [-0.4, -0.2) is 40.1 Å². The van der Waals surface area contributed by atoms with Crippen molar-refractivity contribution in [3.63, 3.8) is 0 Å². The third-order valence-corrected chi connectivity index (χ3v) is 7.57. The van der Waals surface area contributed by atoms with Crippen LogP contribution in [-0.2, 0) is 9.59 Å². The van der Waals surface area contributed by atoms with E-state index in [4.69, 9.17) is 9.84 Å². The molecule has 2 aliphatic heterocycles. The molecule has 0 spiro atoms. The topological polar surface area (TPSA) is 83.4 Å². The number of thioether (sulfide) groups is 1. The Morgan fingerprint density at radius 3 is 2.30 bits per heavy atom. The van der Waals surface area contributed by atoms with Crippen LogP contribution in [0.3, 0.4) is 0 Å². The van der Waals surface area contributed by atoms with Gasteiger partial charge in [-0.15, -0.1) is 0 Å². The molecular formula is C29H28N4O3S. The highest BCUT2D eigenvalue weighted by atomic mass is 32.2. The Bertz CT molecular complexity index is 1370. The largest absolute Gasteiger partial charge is 0.497 e. The molecule has 0 saturated heterocycles. The Kier molecular flexibility index (Phi) is 7.10. The molecule has 0 radical (unpaired) electrons. The van der Waals surface area contributed by atoms with Gasteiger partial charge in [0.05, 0.1) is 18.9 Å². The van der Waals surface area contributed by atoms with Crippen molar-refractivity contribution in [2.75, 3.05) is 12.4 Å². The Morgan fingerprint density at radius 2 is 1.65 bits per heavy atom. The maximum Gasteiger partial charge on any atom is 0.262 e. The second kappa shape index (κ2) is 10.6. The number of aliphatic imine (C=N–C) groups is 1. The normalized spacial score (nSPS) is 19.0. The van der Waals surface area contributed by atoms with Crippen molar-refractivity contribution in [1.29, 1.82) is 0 Å². The van der Waals surface area contributed by atoms with E-state index in [2.05, 4.69) is 41.5 Å². The minimum atomic E-state index is -0.587. The van der Waals surface area contributed by atoms with Gasteiger partial charge >= 0.3 is 0 Å². The molecule has 2 heterocycles. The number of ether oxygens (including phenoxy) is 1. The maximum absolute atomic E-state index is 12.8. The number of hydrazone groups is 1. The van der Waals surface area contributed by atoms with E-state index in [0.717, 1.165) is 28.2 Å². The number of carbonyl (C=O) groups excluding carboxylic acids is 2. The van der Waals surface area contributed by atoms with Gasteiger partial charge in [-0.3, -0.25) is 9.59 Å². The highest BCUT2D eigenvalue weighted by Gasteiger charge is 2.39. The molecule has 2 amide bonds. The lowest BCUT2D eigenvalue weighted by atomic mass is 9.98. The fourth-order valence-corrected chi connectivity index (χ4v) is 5.38. The van der Waals surface area contributed by atoms with E-state index in [0.29, 0.717) is 17.3 Å². The number of nitrogens with one attached hydrogen (secondary N) is 1. The molecule has 0 saturated carbocycles. The smallest absolute Gasteiger partial charge is 0.262 e. The zero-order valence-electron chi connectivity index (χ0n) is 21.0. The van der Waals surface area contributed by atoms with E-state index < -0.39 is 5.25 Å². The first-order chi connectivity index (χ1) is 17.9. The van der Waals surface area contributed by atoms with Crippen molar-refractivity contribution in [3.8, 4) is 5.75 Å². The van der Waals surface area contributed by atoms with Crippen LogP contribution in [0.1, 0.15) is 41.1 Å². The van der Waals surface area contributed by atoms with Crippen LogP contribution in [0.4, 0.5) is 5.69 Å². The monoisotopic (exact) mass is 512 g/mol. The number of nitrogens with zero attached hydrogens (tertiary/aromatic N) is 3. The van der Waals surface area contributed by atoms with E-state index in [1.165, 1.54) is 17.3 Å². The first kappa shape index (κ1) is 24.8.